The Morgan fingerprint density at radius 3 is 2.88 bits per heavy atom. The summed E-state index contributed by atoms with van der Waals surface area (Å²) in [7, 11) is 0. The third kappa shape index (κ3) is 5.28. The molecule has 24 heavy (non-hydrogen) atoms. The number of nitrogens with zero attached hydrogens (tertiary/aromatic N) is 1. The maximum Gasteiger partial charge on any atom is 0.303 e. The Balaban J connectivity index is 1.99. The van der Waals surface area contributed by atoms with Gasteiger partial charge in [0.25, 0.3) is 0 Å². The second kappa shape index (κ2) is 9.14. The lowest BCUT2D eigenvalue weighted by molar-refractivity contribution is -0.137. The second-order valence-electron chi connectivity index (χ2n) is 5.65. The number of ether oxygens (including phenoxy) is 1. The lowest BCUT2D eigenvalue weighted by atomic mass is 10.1. The minimum absolute atomic E-state index is 0.215. The van der Waals surface area contributed by atoms with Gasteiger partial charge in [0.1, 0.15) is 0 Å². The number of carboxylic acids is 1. The summed E-state index contributed by atoms with van der Waals surface area (Å²) >= 11 is 7.95. The van der Waals surface area contributed by atoms with E-state index < -0.39 is 5.97 Å². The first kappa shape index (κ1) is 18.9. The van der Waals surface area contributed by atoms with Gasteiger partial charge in [0.05, 0.1) is 17.1 Å². The van der Waals surface area contributed by atoms with Crippen LogP contribution < -0.4 is 0 Å². The molecule has 1 aromatic rings. The van der Waals surface area contributed by atoms with Crippen LogP contribution in [-0.4, -0.2) is 29.3 Å². The highest BCUT2D eigenvalue weighted by molar-refractivity contribution is 8.02. The average Bonchev–Trinajstić information content (AvgIpc) is 2.54. The van der Waals surface area contributed by atoms with Crippen molar-refractivity contribution >= 4 is 35.2 Å². The maximum atomic E-state index is 10.5. The molecule has 1 N–H and O–H groups in total. The third-order valence-electron chi connectivity index (χ3n) is 3.69. The highest BCUT2D eigenvalue weighted by atomic mass is 35.5. The SMILES string of the molecule is CCC1=C(SCCCCC(=O)O)OC(c2ccc(C)cc2Cl)=NC1. The van der Waals surface area contributed by atoms with Gasteiger partial charge < -0.3 is 9.84 Å². The summed E-state index contributed by atoms with van der Waals surface area (Å²) in [5.41, 5.74) is 3.07. The fraction of sp³-hybridized carbons (Fsp3) is 0.444. The molecule has 130 valence electrons. The second-order valence-corrected chi connectivity index (χ2v) is 7.13. The van der Waals surface area contributed by atoms with Gasteiger partial charge in [-0.05, 0) is 43.9 Å². The average molecular weight is 368 g/mol. The molecular weight excluding hydrogens is 346 g/mol. The molecule has 1 aromatic carbocycles. The van der Waals surface area contributed by atoms with Crippen LogP contribution in [0.15, 0.2) is 33.9 Å². The highest BCUT2D eigenvalue weighted by Gasteiger charge is 2.20. The van der Waals surface area contributed by atoms with Gasteiger partial charge >= 0.3 is 5.97 Å². The largest absolute Gasteiger partial charge is 0.481 e. The topological polar surface area (TPSA) is 58.9 Å². The lowest BCUT2D eigenvalue weighted by Gasteiger charge is -2.20. The van der Waals surface area contributed by atoms with Gasteiger partial charge in [0, 0.05) is 17.7 Å². The number of aliphatic carboxylic acids is 1. The zero-order chi connectivity index (χ0) is 17.5. The fourth-order valence-corrected chi connectivity index (χ4v) is 3.69. The van der Waals surface area contributed by atoms with Crippen molar-refractivity contribution < 1.29 is 14.6 Å². The van der Waals surface area contributed by atoms with E-state index in [-0.39, 0.29) is 6.42 Å². The van der Waals surface area contributed by atoms with Crippen LogP contribution >= 0.6 is 23.4 Å². The zero-order valence-corrected chi connectivity index (χ0v) is 15.5. The first-order valence-corrected chi connectivity index (χ1v) is 9.43. The van der Waals surface area contributed by atoms with Crippen molar-refractivity contribution in [2.75, 3.05) is 12.3 Å². The molecule has 2 rings (SSSR count). The number of halogens is 1. The Kier molecular flexibility index (Phi) is 7.18. The number of carbonyl (C=O) groups is 1. The fourth-order valence-electron chi connectivity index (χ4n) is 2.29. The third-order valence-corrected chi connectivity index (χ3v) is 5.13. The van der Waals surface area contributed by atoms with Crippen LogP contribution in [-0.2, 0) is 9.53 Å². The van der Waals surface area contributed by atoms with Crippen LogP contribution in [0.1, 0.15) is 43.7 Å². The Morgan fingerprint density at radius 1 is 1.42 bits per heavy atom. The number of thioether (sulfide) groups is 1. The number of hydrogen-bond donors (Lipinski definition) is 1. The van der Waals surface area contributed by atoms with Crippen molar-refractivity contribution in [3.8, 4) is 0 Å². The molecule has 0 amide bonds. The van der Waals surface area contributed by atoms with Crippen molar-refractivity contribution in [3.63, 3.8) is 0 Å². The van der Waals surface area contributed by atoms with Crippen molar-refractivity contribution in [1.82, 2.24) is 0 Å². The molecule has 0 unspecified atom stereocenters. The smallest absolute Gasteiger partial charge is 0.303 e. The first-order valence-electron chi connectivity index (χ1n) is 8.06. The molecule has 1 aliphatic rings. The summed E-state index contributed by atoms with van der Waals surface area (Å²) in [5, 5.41) is 10.2. The van der Waals surface area contributed by atoms with Crippen molar-refractivity contribution in [2.24, 2.45) is 4.99 Å². The zero-order valence-electron chi connectivity index (χ0n) is 14.0. The molecule has 0 atom stereocenters. The van der Waals surface area contributed by atoms with E-state index in [1.807, 2.05) is 25.1 Å². The minimum atomic E-state index is -0.745. The van der Waals surface area contributed by atoms with Gasteiger partial charge in [-0.25, -0.2) is 4.99 Å². The van der Waals surface area contributed by atoms with Gasteiger partial charge in [-0.3, -0.25) is 4.79 Å². The normalized spacial score (nSPS) is 14.4. The summed E-state index contributed by atoms with van der Waals surface area (Å²) in [6, 6.07) is 5.83. The Labute approximate surface area is 152 Å². The molecule has 0 spiro atoms. The van der Waals surface area contributed by atoms with Crippen molar-refractivity contribution in [3.05, 3.63) is 45.0 Å². The van der Waals surface area contributed by atoms with E-state index in [1.165, 1.54) is 5.57 Å². The molecular formula is C18H22ClNO3S. The number of carboxylic acid groups (broad SMARTS) is 1. The van der Waals surface area contributed by atoms with E-state index in [2.05, 4.69) is 11.9 Å². The number of benzene rings is 1. The van der Waals surface area contributed by atoms with E-state index in [1.54, 1.807) is 11.8 Å². The molecule has 0 aromatic heterocycles. The van der Waals surface area contributed by atoms with Gasteiger partial charge in [0.2, 0.25) is 5.90 Å². The summed E-state index contributed by atoms with van der Waals surface area (Å²) in [5.74, 6) is 0.650. The van der Waals surface area contributed by atoms with E-state index in [9.17, 15) is 4.79 Å². The molecule has 0 fully saturated rings. The number of unbranched alkanes of at least 4 members (excludes halogenated alkanes) is 1. The van der Waals surface area contributed by atoms with Crippen LogP contribution in [0.3, 0.4) is 0 Å². The summed E-state index contributed by atoms with van der Waals surface area (Å²) in [6.45, 7) is 4.70. The monoisotopic (exact) mass is 367 g/mol. The first-order chi connectivity index (χ1) is 11.5. The summed E-state index contributed by atoms with van der Waals surface area (Å²) in [4.78, 5) is 15.1. The van der Waals surface area contributed by atoms with Gasteiger partial charge in [0.15, 0.2) is 5.09 Å². The summed E-state index contributed by atoms with van der Waals surface area (Å²) < 4.78 is 6.02. The highest BCUT2D eigenvalue weighted by Crippen LogP contribution is 2.31. The standard InChI is InChI=1S/C18H22ClNO3S/c1-3-13-11-20-17(14-8-7-12(2)10-15(14)19)23-18(13)24-9-5-4-6-16(21)22/h7-8,10H,3-6,9,11H2,1-2H3,(H,21,22). The molecule has 0 radical (unpaired) electrons. The van der Waals surface area contributed by atoms with E-state index in [0.717, 1.165) is 34.8 Å². The molecule has 0 bridgehead atoms. The number of hydrogen-bond acceptors (Lipinski definition) is 4. The molecule has 4 nitrogen and oxygen atoms in total. The van der Waals surface area contributed by atoms with Crippen molar-refractivity contribution in [1.29, 1.82) is 0 Å². The van der Waals surface area contributed by atoms with Crippen LogP contribution in [0.2, 0.25) is 5.02 Å². The lowest BCUT2D eigenvalue weighted by Crippen LogP contribution is -2.15. The van der Waals surface area contributed by atoms with E-state index in [4.69, 9.17) is 21.4 Å². The molecule has 1 heterocycles. The molecule has 0 saturated heterocycles. The number of rotatable bonds is 8. The van der Waals surface area contributed by atoms with E-state index >= 15 is 0 Å². The molecule has 6 heteroatoms. The molecule has 1 aliphatic heterocycles. The van der Waals surface area contributed by atoms with Gasteiger partial charge in [-0.1, -0.05) is 36.4 Å². The van der Waals surface area contributed by atoms with E-state index in [0.29, 0.717) is 23.9 Å². The predicted molar refractivity (Wildman–Crippen MR) is 99.9 cm³/mol. The Hall–Kier alpha value is -1.46. The van der Waals surface area contributed by atoms with Crippen LogP contribution in [0.25, 0.3) is 0 Å². The molecule has 0 saturated carbocycles. The number of aliphatic imine (C=N–C) groups is 1. The van der Waals surface area contributed by atoms with Crippen LogP contribution in [0.4, 0.5) is 0 Å². The Bertz CT molecular complexity index is 670. The van der Waals surface area contributed by atoms with Crippen LogP contribution in [0, 0.1) is 6.92 Å². The van der Waals surface area contributed by atoms with Crippen LogP contribution in [0.5, 0.6) is 0 Å². The Morgan fingerprint density at radius 2 is 2.21 bits per heavy atom. The minimum Gasteiger partial charge on any atom is -0.481 e. The molecule has 0 aliphatic carbocycles. The van der Waals surface area contributed by atoms with Crippen molar-refractivity contribution in [2.45, 2.75) is 39.5 Å². The maximum absolute atomic E-state index is 10.5. The van der Waals surface area contributed by atoms with Gasteiger partial charge in [-0.2, -0.15) is 0 Å². The predicted octanol–water partition coefficient (Wildman–Crippen LogP) is 5.03. The number of aryl methyl sites for hydroxylation is 1. The van der Waals surface area contributed by atoms with Gasteiger partial charge in [-0.15, -0.1) is 0 Å². The summed E-state index contributed by atoms with van der Waals surface area (Å²) in [6.07, 6.45) is 2.63. The quantitative estimate of drug-likeness (QED) is 0.654.